The quantitative estimate of drug-likeness (QED) is 0.518. The minimum absolute atomic E-state index is 0.215. The van der Waals surface area contributed by atoms with Crippen LogP contribution >= 0.6 is 0 Å². The molecule has 2 N–H and O–H groups in total. The maximum absolute atomic E-state index is 13.5. The molecule has 2 fully saturated rings. The van der Waals surface area contributed by atoms with Gasteiger partial charge in [0.1, 0.15) is 0 Å². The fraction of sp³-hybridized carbons (Fsp3) is 0.696. The van der Waals surface area contributed by atoms with Gasteiger partial charge in [0.15, 0.2) is 4.75 Å². The molecule has 2 saturated heterocycles. The highest BCUT2D eigenvalue weighted by Gasteiger charge is 2.53. The van der Waals surface area contributed by atoms with Crippen LogP contribution in [0.5, 0.6) is 0 Å². The Morgan fingerprint density at radius 1 is 1.06 bits per heavy atom. The number of carbonyl (C=O) groups is 1. The van der Waals surface area contributed by atoms with Crippen molar-refractivity contribution in [2.45, 2.75) is 45.3 Å². The third-order valence-corrected chi connectivity index (χ3v) is 8.60. The van der Waals surface area contributed by atoms with Crippen LogP contribution in [0.3, 0.4) is 0 Å². The lowest BCUT2D eigenvalue weighted by Gasteiger charge is -2.44. The predicted octanol–water partition coefficient (Wildman–Crippen LogP) is 1.96. The first-order valence-electron chi connectivity index (χ1n) is 11.4. The van der Waals surface area contributed by atoms with Gasteiger partial charge in [-0.15, -0.1) is 0 Å². The van der Waals surface area contributed by atoms with Crippen molar-refractivity contribution in [3.63, 3.8) is 0 Å². The number of rotatable bonds is 9. The molecule has 2 heterocycles. The molecular weight excluding hydrogens is 428 g/mol. The Hall–Kier alpha value is -1.68. The second kappa shape index (κ2) is 13.1. The number of carbonyl (C=O) groups excluding carboxylic acids is 1. The van der Waals surface area contributed by atoms with Crippen LogP contribution in [-0.4, -0.2) is 92.7 Å². The van der Waals surface area contributed by atoms with Gasteiger partial charge in [0, 0.05) is 58.6 Å². The van der Waals surface area contributed by atoms with Gasteiger partial charge in [0.25, 0.3) is 0 Å². The predicted molar refractivity (Wildman–Crippen MR) is 131 cm³/mol. The molecular formula is C23H42N4O4S. The first-order chi connectivity index (χ1) is 15.2. The molecule has 0 bridgehead atoms. The van der Waals surface area contributed by atoms with E-state index in [0.29, 0.717) is 52.4 Å². The molecule has 0 unspecified atom stereocenters. The van der Waals surface area contributed by atoms with Gasteiger partial charge in [-0.1, -0.05) is 32.1 Å². The first-order valence-corrected chi connectivity index (χ1v) is 12.9. The minimum atomic E-state index is -3.85. The number of amides is 1. The van der Waals surface area contributed by atoms with E-state index < -0.39 is 20.7 Å². The molecule has 0 aliphatic carbocycles. The molecule has 0 aromatic rings. The normalized spacial score (nSPS) is 20.2. The summed E-state index contributed by atoms with van der Waals surface area (Å²) >= 11 is 0. The van der Waals surface area contributed by atoms with Gasteiger partial charge in [-0.2, -0.15) is 4.31 Å². The van der Waals surface area contributed by atoms with Crippen molar-refractivity contribution in [2.24, 2.45) is 5.73 Å². The summed E-state index contributed by atoms with van der Waals surface area (Å²) in [5.41, 5.74) is 7.82. The summed E-state index contributed by atoms with van der Waals surface area (Å²) in [4.78, 5) is 16.6. The molecule has 32 heavy (non-hydrogen) atoms. The second-order valence-corrected chi connectivity index (χ2v) is 10.4. The maximum Gasteiger partial charge on any atom is 0.240 e. The largest absolute Gasteiger partial charge is 0.383 e. The molecule has 1 amide bonds. The van der Waals surface area contributed by atoms with Gasteiger partial charge in [0.2, 0.25) is 15.9 Å². The number of nitrogens with two attached hydrogens (primary N) is 1. The van der Waals surface area contributed by atoms with Gasteiger partial charge >= 0.3 is 0 Å². The standard InChI is InChI=1S/C21H36N4O4S.C2H6/c1-5-19(7-6-18(2)3)24-12-14-25(15-13-24)30(27,28)21(20(22)26)8-10-23(11-9-21)16-17-29-4;1-2/h5-7H,1,8-17H2,2-4H3,(H2,22,26);1-2H3/b19-7+;. The van der Waals surface area contributed by atoms with E-state index in [9.17, 15) is 13.2 Å². The summed E-state index contributed by atoms with van der Waals surface area (Å²) in [5, 5.41) is 0. The number of likely N-dealkylation sites (tertiary alicyclic amines) is 1. The highest BCUT2D eigenvalue weighted by atomic mass is 32.2. The van der Waals surface area contributed by atoms with E-state index in [-0.39, 0.29) is 12.8 Å². The highest BCUT2D eigenvalue weighted by Crippen LogP contribution is 2.34. The molecule has 9 heteroatoms. The number of methoxy groups -OCH3 is 1. The second-order valence-electron chi connectivity index (χ2n) is 8.12. The van der Waals surface area contributed by atoms with Gasteiger partial charge in [-0.3, -0.25) is 4.79 Å². The zero-order valence-electron chi connectivity index (χ0n) is 20.5. The molecule has 184 valence electrons. The summed E-state index contributed by atoms with van der Waals surface area (Å²) in [6.07, 6.45) is 6.22. The van der Waals surface area contributed by atoms with Crippen molar-refractivity contribution < 1.29 is 17.9 Å². The van der Waals surface area contributed by atoms with Crippen LogP contribution < -0.4 is 5.73 Å². The number of sulfonamides is 1. The van der Waals surface area contributed by atoms with E-state index in [0.717, 1.165) is 5.70 Å². The van der Waals surface area contributed by atoms with Gasteiger partial charge in [-0.05, 0) is 38.8 Å². The Balaban J connectivity index is 0.00000249. The Morgan fingerprint density at radius 2 is 1.62 bits per heavy atom. The first kappa shape index (κ1) is 28.4. The van der Waals surface area contributed by atoms with E-state index in [4.69, 9.17) is 10.5 Å². The summed E-state index contributed by atoms with van der Waals surface area (Å²) in [6.45, 7) is 16.0. The number of hydrogen-bond donors (Lipinski definition) is 1. The number of piperidine rings is 1. The summed E-state index contributed by atoms with van der Waals surface area (Å²) in [6, 6.07) is 0. The van der Waals surface area contributed by atoms with E-state index in [1.54, 1.807) is 13.2 Å². The van der Waals surface area contributed by atoms with Crippen LogP contribution in [0.1, 0.15) is 40.5 Å². The van der Waals surface area contributed by atoms with Crippen molar-refractivity contribution in [3.05, 3.63) is 36.1 Å². The molecule has 0 spiro atoms. The third-order valence-electron chi connectivity index (χ3n) is 5.96. The van der Waals surface area contributed by atoms with Crippen LogP contribution in [0.2, 0.25) is 0 Å². The number of allylic oxidation sites excluding steroid dienone is 4. The van der Waals surface area contributed by atoms with Crippen LogP contribution in [0.4, 0.5) is 0 Å². The van der Waals surface area contributed by atoms with Crippen molar-refractivity contribution in [2.75, 3.05) is 59.5 Å². The fourth-order valence-electron chi connectivity index (χ4n) is 3.98. The topological polar surface area (TPSA) is 96.2 Å². The Labute approximate surface area is 194 Å². The van der Waals surface area contributed by atoms with Crippen LogP contribution in [0, 0.1) is 0 Å². The van der Waals surface area contributed by atoms with E-state index in [2.05, 4.69) is 16.4 Å². The number of hydrogen-bond acceptors (Lipinski definition) is 6. The summed E-state index contributed by atoms with van der Waals surface area (Å²) < 4.78 is 32.0. The lowest BCUT2D eigenvalue weighted by Crippen LogP contribution is -2.63. The molecule has 8 nitrogen and oxygen atoms in total. The number of primary amides is 1. The van der Waals surface area contributed by atoms with Crippen molar-refractivity contribution in [1.29, 1.82) is 0 Å². The molecule has 2 aliphatic heterocycles. The number of nitrogens with zero attached hydrogens (tertiary/aromatic N) is 3. The monoisotopic (exact) mass is 470 g/mol. The van der Waals surface area contributed by atoms with Crippen molar-refractivity contribution in [1.82, 2.24) is 14.1 Å². The number of piperazine rings is 1. The van der Waals surface area contributed by atoms with Crippen molar-refractivity contribution >= 4 is 15.9 Å². The van der Waals surface area contributed by atoms with Crippen LogP contribution in [0.25, 0.3) is 0 Å². The highest BCUT2D eigenvalue weighted by molar-refractivity contribution is 7.91. The molecule has 0 radical (unpaired) electrons. The summed E-state index contributed by atoms with van der Waals surface area (Å²) in [7, 11) is -2.22. The molecule has 2 aliphatic rings. The molecule has 0 saturated carbocycles. The van der Waals surface area contributed by atoms with E-state index in [1.165, 1.54) is 9.88 Å². The molecule has 0 aromatic heterocycles. The van der Waals surface area contributed by atoms with Crippen molar-refractivity contribution in [3.8, 4) is 0 Å². The molecule has 0 aromatic carbocycles. The smallest absolute Gasteiger partial charge is 0.240 e. The van der Waals surface area contributed by atoms with Crippen LogP contribution in [-0.2, 0) is 19.6 Å². The van der Waals surface area contributed by atoms with Gasteiger partial charge in [0.05, 0.1) is 6.61 Å². The van der Waals surface area contributed by atoms with Gasteiger partial charge in [-0.25, -0.2) is 8.42 Å². The van der Waals surface area contributed by atoms with Gasteiger partial charge < -0.3 is 20.3 Å². The third kappa shape index (κ3) is 6.66. The zero-order chi connectivity index (χ0) is 24.4. The van der Waals surface area contributed by atoms with Crippen LogP contribution in [0.15, 0.2) is 36.1 Å². The SMILES string of the molecule is C=C/C(=C\C=C(C)C)N1CCN(S(=O)(=O)C2(C(N)=O)CCN(CCOC)CC2)CC1.CC. The Morgan fingerprint density at radius 3 is 2.06 bits per heavy atom. The lowest BCUT2D eigenvalue weighted by molar-refractivity contribution is -0.121. The average Bonchev–Trinajstić information content (AvgIpc) is 2.79. The van der Waals surface area contributed by atoms with E-state index in [1.807, 2.05) is 39.8 Å². The average molecular weight is 471 g/mol. The Kier molecular flexibility index (Phi) is 11.6. The lowest BCUT2D eigenvalue weighted by atomic mass is 9.95. The maximum atomic E-state index is 13.5. The van der Waals surface area contributed by atoms with E-state index >= 15 is 0 Å². The fourth-order valence-corrected chi connectivity index (χ4v) is 6.07. The minimum Gasteiger partial charge on any atom is -0.383 e. The molecule has 0 atom stereocenters. The number of ether oxygens (including phenoxy) is 1. The Bertz CT molecular complexity index is 772. The zero-order valence-corrected chi connectivity index (χ0v) is 21.3. The molecule has 2 rings (SSSR count). The summed E-state index contributed by atoms with van der Waals surface area (Å²) in [5.74, 6) is -0.744.